The van der Waals surface area contributed by atoms with E-state index in [1.165, 1.54) is 24.3 Å². The first kappa shape index (κ1) is 15.8. The summed E-state index contributed by atoms with van der Waals surface area (Å²) < 4.78 is 35.6. The largest absolute Gasteiger partial charge is 0.504 e. The molecular weight excluding hydrogens is 361 g/mol. The number of hydrogen-bond acceptors (Lipinski definition) is 2. The molecule has 1 aromatic carbocycles. The fraction of sp³-hybridized carbons (Fsp3) is 0.100. The van der Waals surface area contributed by atoms with Gasteiger partial charge in [0, 0.05) is 61.0 Å². The Labute approximate surface area is 131 Å². The van der Waals surface area contributed by atoms with E-state index in [1.54, 1.807) is 6.07 Å². The van der Waals surface area contributed by atoms with E-state index >= 15 is 0 Å². The average Bonchev–Trinajstić information content (AvgIpc) is 2.17. The van der Waals surface area contributed by atoms with Crippen molar-refractivity contribution in [2.45, 2.75) is 6.18 Å². The topological polar surface area (TPSA) is 37.3 Å². The molecule has 0 aliphatic rings. The second-order valence-electron chi connectivity index (χ2n) is 2.76. The Kier molecular flexibility index (Phi) is 6.44. The fourth-order valence-corrected chi connectivity index (χ4v) is 0.892. The van der Waals surface area contributed by atoms with E-state index in [-0.39, 0.29) is 61.0 Å². The Morgan fingerprint density at radius 3 is 2.12 bits per heavy atom. The molecule has 87 valence electrons. The summed E-state index contributed by atoms with van der Waals surface area (Å²) in [5.41, 5.74) is 0.0910. The number of ketones is 1. The molecule has 0 saturated heterocycles. The first-order valence-corrected chi connectivity index (χ1v) is 3.98. The van der Waals surface area contributed by atoms with Crippen molar-refractivity contribution in [2.75, 3.05) is 0 Å². The molecule has 16 heavy (non-hydrogen) atoms. The molecular formula is C10H7EuF3O2. The molecule has 0 spiro atoms. The quantitative estimate of drug-likeness (QED) is 0.495. The molecule has 0 saturated carbocycles. The van der Waals surface area contributed by atoms with Crippen molar-refractivity contribution < 1.29 is 72.4 Å². The molecule has 1 radical (unpaired) electrons. The molecule has 1 aromatic rings. The average molecular weight is 368 g/mol. The van der Waals surface area contributed by atoms with E-state index in [0.717, 1.165) is 0 Å². The Bertz CT molecular complexity index is 385. The van der Waals surface area contributed by atoms with Crippen LogP contribution in [0.5, 0.6) is 0 Å². The van der Waals surface area contributed by atoms with Crippen molar-refractivity contribution in [2.24, 2.45) is 0 Å². The fourth-order valence-electron chi connectivity index (χ4n) is 0.892. The molecule has 0 aliphatic heterocycles. The first-order valence-electron chi connectivity index (χ1n) is 3.98. The first-order chi connectivity index (χ1) is 6.91. The molecule has 0 fully saturated rings. The number of aliphatic hydroxyl groups is 1. The van der Waals surface area contributed by atoms with Crippen LogP contribution in [-0.4, -0.2) is 17.1 Å². The van der Waals surface area contributed by atoms with Gasteiger partial charge in [0.15, 0.2) is 5.78 Å². The van der Waals surface area contributed by atoms with Crippen LogP contribution in [0, 0.1) is 49.4 Å². The summed E-state index contributed by atoms with van der Waals surface area (Å²) in [6.07, 6.45) is -4.72. The maximum Gasteiger partial charge on any atom is 0.448 e. The number of carbonyl (C=O) groups excluding carboxylic acids is 1. The van der Waals surface area contributed by atoms with Gasteiger partial charge in [0.05, 0.1) is 0 Å². The van der Waals surface area contributed by atoms with Crippen molar-refractivity contribution in [3.63, 3.8) is 0 Å². The summed E-state index contributed by atoms with van der Waals surface area (Å²) in [5, 5.41) is 8.53. The molecule has 0 unspecified atom stereocenters. The number of rotatable bonds is 2. The van der Waals surface area contributed by atoms with Gasteiger partial charge in [-0.05, 0) is 0 Å². The van der Waals surface area contributed by atoms with Crippen LogP contribution in [0.2, 0.25) is 0 Å². The van der Waals surface area contributed by atoms with Gasteiger partial charge < -0.3 is 5.11 Å². The monoisotopic (exact) mass is 369 g/mol. The second-order valence-corrected chi connectivity index (χ2v) is 2.76. The van der Waals surface area contributed by atoms with E-state index in [0.29, 0.717) is 0 Å². The zero-order chi connectivity index (χ0) is 11.5. The number of hydrogen-bond donors (Lipinski definition) is 1. The van der Waals surface area contributed by atoms with Gasteiger partial charge in [0.25, 0.3) is 0 Å². The van der Waals surface area contributed by atoms with Gasteiger partial charge >= 0.3 is 6.18 Å². The van der Waals surface area contributed by atoms with Crippen LogP contribution >= 0.6 is 0 Å². The van der Waals surface area contributed by atoms with Gasteiger partial charge in [-0.15, -0.1) is 0 Å². The predicted molar refractivity (Wildman–Crippen MR) is 47.5 cm³/mol. The zero-order valence-electron chi connectivity index (χ0n) is 7.83. The summed E-state index contributed by atoms with van der Waals surface area (Å²) in [4.78, 5) is 11.2. The Morgan fingerprint density at radius 1 is 1.19 bits per heavy atom. The summed E-state index contributed by atoms with van der Waals surface area (Å²) in [6.45, 7) is 0. The van der Waals surface area contributed by atoms with Crippen LogP contribution in [-0.2, 0) is 0 Å². The molecule has 0 amide bonds. The van der Waals surface area contributed by atoms with E-state index in [9.17, 15) is 18.0 Å². The SMILES string of the molecule is O=C(C=C(O)C(F)(F)F)c1ccccc1.[Eu]. The van der Waals surface area contributed by atoms with Crippen molar-refractivity contribution in [3.05, 3.63) is 47.7 Å². The van der Waals surface area contributed by atoms with E-state index < -0.39 is 17.7 Å². The second kappa shape index (κ2) is 6.52. The van der Waals surface area contributed by atoms with E-state index in [4.69, 9.17) is 5.11 Å². The van der Waals surface area contributed by atoms with Crippen LogP contribution in [0.25, 0.3) is 0 Å². The minimum absolute atomic E-state index is 0. The summed E-state index contributed by atoms with van der Waals surface area (Å²) in [6, 6.07) is 7.40. The minimum atomic E-state index is -4.88. The molecule has 2 nitrogen and oxygen atoms in total. The standard InChI is InChI=1S/C10H7F3O2.Eu/c11-10(12,13)9(15)6-8(14)7-4-2-1-3-5-7;/h1-6,15H;. The molecule has 6 heteroatoms. The number of benzene rings is 1. The Balaban J connectivity index is 0.00000225. The van der Waals surface area contributed by atoms with Crippen LogP contribution in [0.1, 0.15) is 10.4 Å². The zero-order valence-corrected chi connectivity index (χ0v) is 10.3. The number of allylic oxidation sites excluding steroid dienone is 2. The van der Waals surface area contributed by atoms with Crippen molar-refractivity contribution in [1.29, 1.82) is 0 Å². The Hall–Kier alpha value is -0.196. The number of alkyl halides is 3. The van der Waals surface area contributed by atoms with E-state index in [1.807, 2.05) is 0 Å². The third kappa shape index (κ3) is 4.76. The van der Waals surface area contributed by atoms with Crippen molar-refractivity contribution >= 4 is 5.78 Å². The molecule has 0 atom stereocenters. The Morgan fingerprint density at radius 2 is 1.69 bits per heavy atom. The van der Waals surface area contributed by atoms with Crippen LogP contribution in [0.4, 0.5) is 13.2 Å². The van der Waals surface area contributed by atoms with Gasteiger partial charge in [-0.25, -0.2) is 0 Å². The van der Waals surface area contributed by atoms with Crippen molar-refractivity contribution in [3.8, 4) is 0 Å². The van der Waals surface area contributed by atoms with Gasteiger partial charge in [-0.1, -0.05) is 30.3 Å². The minimum Gasteiger partial charge on any atom is -0.504 e. The smallest absolute Gasteiger partial charge is 0.448 e. The van der Waals surface area contributed by atoms with Crippen LogP contribution in [0.3, 0.4) is 0 Å². The molecule has 0 aliphatic carbocycles. The molecule has 1 rings (SSSR count). The van der Waals surface area contributed by atoms with Gasteiger partial charge in [-0.3, -0.25) is 4.79 Å². The van der Waals surface area contributed by atoms with Crippen molar-refractivity contribution in [1.82, 2.24) is 0 Å². The maximum absolute atomic E-state index is 11.9. The third-order valence-electron chi connectivity index (χ3n) is 1.62. The third-order valence-corrected chi connectivity index (χ3v) is 1.62. The maximum atomic E-state index is 11.9. The van der Waals surface area contributed by atoms with E-state index in [2.05, 4.69) is 0 Å². The van der Waals surface area contributed by atoms with Gasteiger partial charge in [0.2, 0.25) is 5.76 Å². The number of carbonyl (C=O) groups is 1. The normalized spacial score (nSPS) is 11.8. The summed E-state index contributed by atoms with van der Waals surface area (Å²) in [7, 11) is 0. The number of aliphatic hydroxyl groups excluding tert-OH is 1. The molecule has 1 N–H and O–H groups in total. The summed E-state index contributed by atoms with van der Waals surface area (Å²) >= 11 is 0. The van der Waals surface area contributed by atoms with Gasteiger partial charge in [-0.2, -0.15) is 13.2 Å². The predicted octanol–water partition coefficient (Wildman–Crippen LogP) is 2.87. The van der Waals surface area contributed by atoms with Crippen LogP contribution in [0.15, 0.2) is 42.2 Å². The molecule has 0 bridgehead atoms. The van der Waals surface area contributed by atoms with Gasteiger partial charge in [0.1, 0.15) is 0 Å². The molecule has 0 heterocycles. The van der Waals surface area contributed by atoms with Crippen LogP contribution < -0.4 is 0 Å². The number of halogens is 3. The summed E-state index contributed by atoms with van der Waals surface area (Å²) in [5.74, 6) is -2.78. The molecule has 0 aromatic heterocycles.